The van der Waals surface area contributed by atoms with Crippen molar-refractivity contribution in [3.63, 3.8) is 0 Å². The molecule has 2 rings (SSSR count). The van der Waals surface area contributed by atoms with E-state index in [0.717, 1.165) is 4.90 Å². The molecule has 0 spiro atoms. The maximum atomic E-state index is 11.9. The summed E-state index contributed by atoms with van der Waals surface area (Å²) in [6.45, 7) is 0. The Hall–Kier alpha value is -0.960. The van der Waals surface area contributed by atoms with Gasteiger partial charge in [0.25, 0.3) is 0 Å². The molecule has 0 aromatic heterocycles. The quantitative estimate of drug-likeness (QED) is 0.585. The molecule has 0 atom stereocenters. The number of benzene rings is 2. The molecule has 0 saturated heterocycles. The molecule has 2 aromatic rings. The Morgan fingerprint density at radius 3 is 2.33 bits per heavy atom. The molecule has 0 bridgehead atoms. The zero-order chi connectivity index (χ0) is 13.0. The summed E-state index contributed by atoms with van der Waals surface area (Å²) in [4.78, 5) is 12.9. The molecule has 0 radical (unpaired) electrons. The van der Waals surface area contributed by atoms with Crippen molar-refractivity contribution in [3.05, 3.63) is 64.1 Å². The van der Waals surface area contributed by atoms with Crippen molar-refractivity contribution in [2.75, 3.05) is 5.75 Å². The van der Waals surface area contributed by atoms with Gasteiger partial charge in [0.2, 0.25) is 0 Å². The Bertz CT molecular complexity index is 552. The van der Waals surface area contributed by atoms with Gasteiger partial charge >= 0.3 is 0 Å². The van der Waals surface area contributed by atoms with Crippen LogP contribution in [0.4, 0.5) is 0 Å². The first kappa shape index (κ1) is 13.5. The third-order valence-electron chi connectivity index (χ3n) is 2.36. The monoisotopic (exact) mass is 296 g/mol. The summed E-state index contributed by atoms with van der Waals surface area (Å²) in [5.41, 5.74) is 0.666. The Balaban J connectivity index is 2.01. The maximum absolute atomic E-state index is 11.9. The number of carbonyl (C=O) groups excluding carboxylic acids is 1. The van der Waals surface area contributed by atoms with Crippen LogP contribution in [0.1, 0.15) is 10.4 Å². The SMILES string of the molecule is O=C(CSc1ccccc1Cl)c1ccc(Cl)cc1. The molecule has 0 fully saturated rings. The number of Topliss-reactive ketones (excluding diaryl/α,β-unsaturated/α-hetero) is 1. The number of halogens is 2. The first-order valence-corrected chi connectivity index (χ1v) is 7.07. The average Bonchev–Trinajstić information content (AvgIpc) is 2.38. The first-order valence-electron chi connectivity index (χ1n) is 5.33. The molecule has 2 aromatic carbocycles. The van der Waals surface area contributed by atoms with Gasteiger partial charge in [-0.1, -0.05) is 35.3 Å². The highest BCUT2D eigenvalue weighted by Gasteiger charge is 2.07. The van der Waals surface area contributed by atoms with E-state index in [4.69, 9.17) is 23.2 Å². The molecule has 0 saturated carbocycles. The predicted molar refractivity (Wildman–Crippen MR) is 78.0 cm³/mol. The number of hydrogen-bond acceptors (Lipinski definition) is 2. The fourth-order valence-electron chi connectivity index (χ4n) is 1.42. The van der Waals surface area contributed by atoms with Crippen LogP contribution in [0, 0.1) is 0 Å². The Labute approximate surface area is 120 Å². The molecule has 0 N–H and O–H groups in total. The van der Waals surface area contributed by atoms with Gasteiger partial charge in [0, 0.05) is 15.5 Å². The largest absolute Gasteiger partial charge is 0.293 e. The number of hydrogen-bond donors (Lipinski definition) is 0. The van der Waals surface area contributed by atoms with E-state index >= 15 is 0 Å². The first-order chi connectivity index (χ1) is 8.66. The summed E-state index contributed by atoms with van der Waals surface area (Å²) in [5.74, 6) is 0.433. The van der Waals surface area contributed by atoms with Crippen molar-refractivity contribution in [2.45, 2.75) is 4.90 Å². The minimum atomic E-state index is 0.0663. The van der Waals surface area contributed by atoms with Gasteiger partial charge in [0.05, 0.1) is 10.8 Å². The van der Waals surface area contributed by atoms with Gasteiger partial charge in [-0.2, -0.15) is 0 Å². The van der Waals surface area contributed by atoms with Crippen LogP contribution in [-0.2, 0) is 0 Å². The minimum Gasteiger partial charge on any atom is -0.293 e. The molecule has 0 heterocycles. The fraction of sp³-hybridized carbons (Fsp3) is 0.0714. The molecule has 0 unspecified atom stereocenters. The lowest BCUT2D eigenvalue weighted by Crippen LogP contribution is -2.01. The standard InChI is InChI=1S/C14H10Cl2OS/c15-11-7-5-10(6-8-11)13(17)9-18-14-4-2-1-3-12(14)16/h1-8H,9H2. The maximum Gasteiger partial charge on any atom is 0.173 e. The zero-order valence-electron chi connectivity index (χ0n) is 9.40. The van der Waals surface area contributed by atoms with Gasteiger partial charge in [-0.25, -0.2) is 0 Å². The average molecular weight is 297 g/mol. The van der Waals surface area contributed by atoms with Crippen LogP contribution in [-0.4, -0.2) is 11.5 Å². The molecule has 92 valence electrons. The lowest BCUT2D eigenvalue weighted by atomic mass is 10.1. The van der Waals surface area contributed by atoms with Crippen LogP contribution in [0.25, 0.3) is 0 Å². The van der Waals surface area contributed by atoms with Crippen molar-refractivity contribution in [1.29, 1.82) is 0 Å². The van der Waals surface area contributed by atoms with Crippen molar-refractivity contribution in [1.82, 2.24) is 0 Å². The Kier molecular flexibility index (Phi) is 4.70. The highest BCUT2D eigenvalue weighted by atomic mass is 35.5. The van der Waals surface area contributed by atoms with Crippen LogP contribution in [0.15, 0.2) is 53.4 Å². The van der Waals surface area contributed by atoms with E-state index in [1.54, 1.807) is 24.3 Å². The second-order valence-electron chi connectivity index (χ2n) is 3.65. The van der Waals surface area contributed by atoms with Crippen LogP contribution < -0.4 is 0 Å². The summed E-state index contributed by atoms with van der Waals surface area (Å²) in [5, 5.41) is 1.30. The van der Waals surface area contributed by atoms with E-state index in [9.17, 15) is 4.79 Å². The summed E-state index contributed by atoms with van der Waals surface area (Å²) >= 11 is 13.2. The molecular formula is C14H10Cl2OS. The van der Waals surface area contributed by atoms with E-state index in [2.05, 4.69) is 0 Å². The Morgan fingerprint density at radius 1 is 1.00 bits per heavy atom. The zero-order valence-corrected chi connectivity index (χ0v) is 11.7. The fourth-order valence-corrected chi connectivity index (χ4v) is 2.68. The molecule has 4 heteroatoms. The van der Waals surface area contributed by atoms with Crippen molar-refractivity contribution in [2.24, 2.45) is 0 Å². The van der Waals surface area contributed by atoms with Gasteiger partial charge in [-0.15, -0.1) is 11.8 Å². The van der Waals surface area contributed by atoms with Crippen molar-refractivity contribution >= 4 is 40.7 Å². The van der Waals surface area contributed by atoms with Gasteiger partial charge in [-0.05, 0) is 36.4 Å². The van der Waals surface area contributed by atoms with Crippen LogP contribution >= 0.6 is 35.0 Å². The third kappa shape index (κ3) is 3.52. The van der Waals surface area contributed by atoms with Crippen molar-refractivity contribution in [3.8, 4) is 0 Å². The van der Waals surface area contributed by atoms with Gasteiger partial charge in [0.15, 0.2) is 5.78 Å². The number of rotatable bonds is 4. The smallest absolute Gasteiger partial charge is 0.173 e. The van der Waals surface area contributed by atoms with E-state index < -0.39 is 0 Å². The van der Waals surface area contributed by atoms with Crippen LogP contribution in [0.2, 0.25) is 10.0 Å². The lowest BCUT2D eigenvalue weighted by molar-refractivity contribution is 0.102. The Morgan fingerprint density at radius 2 is 1.67 bits per heavy atom. The minimum absolute atomic E-state index is 0.0663. The van der Waals surface area contributed by atoms with Crippen molar-refractivity contribution < 1.29 is 4.79 Å². The molecule has 1 nitrogen and oxygen atoms in total. The van der Waals surface area contributed by atoms with E-state index in [1.165, 1.54) is 11.8 Å². The second-order valence-corrected chi connectivity index (χ2v) is 5.51. The lowest BCUT2D eigenvalue weighted by Gasteiger charge is -2.03. The molecule has 0 amide bonds. The number of thioether (sulfide) groups is 1. The van der Waals surface area contributed by atoms with Crippen LogP contribution in [0.5, 0.6) is 0 Å². The molecule has 0 aliphatic carbocycles. The summed E-state index contributed by atoms with van der Waals surface area (Å²) in [7, 11) is 0. The van der Waals surface area contributed by atoms with E-state index in [-0.39, 0.29) is 5.78 Å². The number of carbonyl (C=O) groups is 1. The normalized spacial score (nSPS) is 10.3. The highest BCUT2D eigenvalue weighted by Crippen LogP contribution is 2.27. The van der Waals surface area contributed by atoms with Gasteiger partial charge in [0.1, 0.15) is 0 Å². The molecular weight excluding hydrogens is 287 g/mol. The topological polar surface area (TPSA) is 17.1 Å². The van der Waals surface area contributed by atoms with Gasteiger partial charge < -0.3 is 0 Å². The molecule has 18 heavy (non-hydrogen) atoms. The van der Waals surface area contributed by atoms with E-state index in [1.807, 2.05) is 24.3 Å². The summed E-state index contributed by atoms with van der Waals surface area (Å²) in [6, 6.07) is 14.4. The molecule has 0 aliphatic heterocycles. The summed E-state index contributed by atoms with van der Waals surface area (Å²) < 4.78 is 0. The second kappa shape index (κ2) is 6.28. The van der Waals surface area contributed by atoms with E-state index in [0.29, 0.717) is 21.4 Å². The van der Waals surface area contributed by atoms with Crippen LogP contribution in [0.3, 0.4) is 0 Å². The predicted octanol–water partition coefficient (Wildman–Crippen LogP) is 4.97. The highest BCUT2D eigenvalue weighted by molar-refractivity contribution is 8.00. The third-order valence-corrected chi connectivity index (χ3v) is 4.13. The molecule has 0 aliphatic rings. The number of ketones is 1. The summed E-state index contributed by atoms with van der Waals surface area (Å²) in [6.07, 6.45) is 0. The van der Waals surface area contributed by atoms with Gasteiger partial charge in [-0.3, -0.25) is 4.79 Å².